The first-order chi connectivity index (χ1) is 14.6. The SMILES string of the molecule is OC1CCCC(c2nc3c([nH]2)c(Nc2ccc(Cl)c(Cl)c2)nc2ccccc23)CC1. The molecule has 2 unspecified atom stereocenters. The smallest absolute Gasteiger partial charge is 0.157 e. The summed E-state index contributed by atoms with van der Waals surface area (Å²) in [5.74, 6) is 1.98. The minimum atomic E-state index is -0.200. The van der Waals surface area contributed by atoms with Gasteiger partial charge in [-0.25, -0.2) is 9.97 Å². The Morgan fingerprint density at radius 2 is 1.83 bits per heavy atom. The summed E-state index contributed by atoms with van der Waals surface area (Å²) in [6, 6.07) is 13.5. The van der Waals surface area contributed by atoms with Crippen molar-refractivity contribution in [3.8, 4) is 0 Å². The Hall–Kier alpha value is -2.34. The van der Waals surface area contributed by atoms with E-state index < -0.39 is 0 Å². The summed E-state index contributed by atoms with van der Waals surface area (Å²) in [6.45, 7) is 0. The van der Waals surface area contributed by atoms with Crippen LogP contribution in [-0.2, 0) is 0 Å². The molecule has 1 aliphatic rings. The number of aliphatic hydroxyl groups is 1. The molecule has 30 heavy (non-hydrogen) atoms. The maximum Gasteiger partial charge on any atom is 0.157 e. The van der Waals surface area contributed by atoms with Crippen LogP contribution < -0.4 is 5.32 Å². The minimum absolute atomic E-state index is 0.200. The van der Waals surface area contributed by atoms with Gasteiger partial charge in [0.15, 0.2) is 5.82 Å². The van der Waals surface area contributed by atoms with Gasteiger partial charge in [0, 0.05) is 17.0 Å². The lowest BCUT2D eigenvalue weighted by Gasteiger charge is -2.10. The van der Waals surface area contributed by atoms with Crippen molar-refractivity contribution in [2.75, 3.05) is 5.32 Å². The molecule has 3 N–H and O–H groups in total. The molecule has 0 radical (unpaired) electrons. The van der Waals surface area contributed by atoms with Crippen molar-refractivity contribution >= 4 is 56.6 Å². The molecule has 0 aliphatic heterocycles. The van der Waals surface area contributed by atoms with Crippen molar-refractivity contribution in [1.29, 1.82) is 0 Å². The second-order valence-corrected chi connectivity index (χ2v) is 8.75. The van der Waals surface area contributed by atoms with Gasteiger partial charge in [0.2, 0.25) is 0 Å². The summed E-state index contributed by atoms with van der Waals surface area (Å²) >= 11 is 12.3. The van der Waals surface area contributed by atoms with Crippen LogP contribution in [0.2, 0.25) is 10.0 Å². The van der Waals surface area contributed by atoms with Gasteiger partial charge >= 0.3 is 0 Å². The zero-order chi connectivity index (χ0) is 20.7. The standard InChI is InChI=1S/C23H22Cl2N4O/c24-17-11-9-14(12-18(17)25)26-23-21-20(16-6-1-2-7-19(16)27-23)28-22(29-21)13-4-3-5-15(30)10-8-13/h1-2,6-7,9,11-13,15,30H,3-5,8,10H2,(H,26,27)(H,28,29). The maximum absolute atomic E-state index is 10.0. The number of hydrogen-bond donors (Lipinski definition) is 3. The summed E-state index contributed by atoms with van der Waals surface area (Å²) in [4.78, 5) is 13.4. The minimum Gasteiger partial charge on any atom is -0.393 e. The van der Waals surface area contributed by atoms with E-state index >= 15 is 0 Å². The topological polar surface area (TPSA) is 73.8 Å². The van der Waals surface area contributed by atoms with Gasteiger partial charge in [0.1, 0.15) is 16.9 Å². The van der Waals surface area contributed by atoms with E-state index in [9.17, 15) is 5.11 Å². The number of para-hydroxylation sites is 1. The van der Waals surface area contributed by atoms with E-state index in [0.717, 1.165) is 65.6 Å². The predicted molar refractivity (Wildman–Crippen MR) is 123 cm³/mol. The molecule has 0 bridgehead atoms. The highest BCUT2D eigenvalue weighted by Crippen LogP contribution is 2.36. The largest absolute Gasteiger partial charge is 0.393 e. The highest BCUT2D eigenvalue weighted by molar-refractivity contribution is 6.42. The molecule has 0 saturated heterocycles. The molecule has 2 heterocycles. The molecule has 0 spiro atoms. The van der Waals surface area contributed by atoms with E-state index in [1.165, 1.54) is 0 Å². The van der Waals surface area contributed by atoms with Crippen molar-refractivity contribution in [1.82, 2.24) is 15.0 Å². The van der Waals surface area contributed by atoms with Gasteiger partial charge in [-0.3, -0.25) is 0 Å². The Morgan fingerprint density at radius 1 is 0.967 bits per heavy atom. The summed E-state index contributed by atoms with van der Waals surface area (Å²) < 4.78 is 0. The molecule has 154 valence electrons. The van der Waals surface area contributed by atoms with Gasteiger partial charge in [0.05, 0.1) is 21.7 Å². The lowest BCUT2D eigenvalue weighted by molar-refractivity contribution is 0.157. The predicted octanol–water partition coefficient (Wildman–Crippen LogP) is 6.57. The van der Waals surface area contributed by atoms with Gasteiger partial charge in [0.25, 0.3) is 0 Å². The van der Waals surface area contributed by atoms with Crippen LogP contribution >= 0.6 is 23.2 Å². The number of aromatic amines is 1. The van der Waals surface area contributed by atoms with E-state index in [0.29, 0.717) is 21.8 Å². The second-order valence-electron chi connectivity index (χ2n) is 7.94. The van der Waals surface area contributed by atoms with Crippen LogP contribution in [0.3, 0.4) is 0 Å². The van der Waals surface area contributed by atoms with E-state index in [4.69, 9.17) is 33.2 Å². The number of anilines is 2. The van der Waals surface area contributed by atoms with Crippen LogP contribution in [0.15, 0.2) is 42.5 Å². The quantitative estimate of drug-likeness (QED) is 0.315. The number of aliphatic hydroxyl groups excluding tert-OH is 1. The molecule has 0 amide bonds. The molecular formula is C23H22Cl2N4O. The molecule has 1 saturated carbocycles. The van der Waals surface area contributed by atoms with Crippen LogP contribution in [0, 0.1) is 0 Å². The lowest BCUT2D eigenvalue weighted by Crippen LogP contribution is -2.04. The Bertz CT molecular complexity index is 1220. The van der Waals surface area contributed by atoms with E-state index in [-0.39, 0.29) is 6.10 Å². The average molecular weight is 441 g/mol. The molecule has 2 aromatic heterocycles. The summed E-state index contributed by atoms with van der Waals surface area (Å²) in [5, 5.41) is 15.4. The molecule has 2 atom stereocenters. The third kappa shape index (κ3) is 3.73. The number of benzene rings is 2. The van der Waals surface area contributed by atoms with Crippen LogP contribution in [0.1, 0.15) is 43.8 Å². The fourth-order valence-electron chi connectivity index (χ4n) is 4.26. The Labute approximate surface area is 184 Å². The molecule has 5 nitrogen and oxygen atoms in total. The second kappa shape index (κ2) is 8.06. The number of nitrogens with zero attached hydrogens (tertiary/aromatic N) is 2. The number of nitrogens with one attached hydrogen (secondary N) is 2. The van der Waals surface area contributed by atoms with Crippen LogP contribution in [0.25, 0.3) is 21.9 Å². The van der Waals surface area contributed by atoms with Crippen molar-refractivity contribution < 1.29 is 5.11 Å². The first-order valence-corrected chi connectivity index (χ1v) is 11.0. The fourth-order valence-corrected chi connectivity index (χ4v) is 4.55. The molecular weight excluding hydrogens is 419 g/mol. The van der Waals surface area contributed by atoms with Gasteiger partial charge in [-0.2, -0.15) is 0 Å². The molecule has 1 aliphatic carbocycles. The number of imidazole rings is 1. The first kappa shape index (κ1) is 19.6. The average Bonchev–Trinajstić information content (AvgIpc) is 3.08. The van der Waals surface area contributed by atoms with Crippen molar-refractivity contribution in [3.05, 3.63) is 58.3 Å². The van der Waals surface area contributed by atoms with Crippen molar-refractivity contribution in [2.24, 2.45) is 0 Å². The Balaban J connectivity index is 1.61. The maximum atomic E-state index is 10.0. The van der Waals surface area contributed by atoms with Gasteiger partial charge in [-0.15, -0.1) is 0 Å². The number of pyridine rings is 1. The van der Waals surface area contributed by atoms with E-state index in [2.05, 4.69) is 16.4 Å². The molecule has 7 heteroatoms. The number of halogens is 2. The summed E-state index contributed by atoms with van der Waals surface area (Å²) in [7, 11) is 0. The zero-order valence-electron chi connectivity index (χ0n) is 16.3. The summed E-state index contributed by atoms with van der Waals surface area (Å²) in [5.41, 5.74) is 3.46. The van der Waals surface area contributed by atoms with Gasteiger partial charge < -0.3 is 15.4 Å². The first-order valence-electron chi connectivity index (χ1n) is 10.3. The zero-order valence-corrected chi connectivity index (χ0v) is 17.8. The number of hydrogen-bond acceptors (Lipinski definition) is 4. The van der Waals surface area contributed by atoms with Crippen molar-refractivity contribution in [3.63, 3.8) is 0 Å². The van der Waals surface area contributed by atoms with Crippen LogP contribution in [0.4, 0.5) is 11.5 Å². The monoisotopic (exact) mass is 440 g/mol. The molecule has 4 aromatic rings. The number of H-pyrrole nitrogens is 1. The number of fused-ring (bicyclic) bond motifs is 3. The molecule has 1 fully saturated rings. The van der Waals surface area contributed by atoms with Gasteiger partial charge in [-0.1, -0.05) is 47.8 Å². The highest BCUT2D eigenvalue weighted by atomic mass is 35.5. The van der Waals surface area contributed by atoms with E-state index in [1.807, 2.05) is 24.3 Å². The van der Waals surface area contributed by atoms with Crippen LogP contribution in [0.5, 0.6) is 0 Å². The summed E-state index contributed by atoms with van der Waals surface area (Å²) in [6.07, 6.45) is 4.45. The van der Waals surface area contributed by atoms with E-state index in [1.54, 1.807) is 12.1 Å². The Kier molecular flexibility index (Phi) is 5.27. The third-order valence-electron chi connectivity index (χ3n) is 5.86. The number of aromatic nitrogens is 3. The molecule has 5 rings (SSSR count). The highest BCUT2D eigenvalue weighted by Gasteiger charge is 2.23. The van der Waals surface area contributed by atoms with Crippen LogP contribution in [-0.4, -0.2) is 26.2 Å². The van der Waals surface area contributed by atoms with Gasteiger partial charge in [-0.05, 0) is 49.9 Å². The number of rotatable bonds is 3. The Morgan fingerprint density at radius 3 is 2.70 bits per heavy atom. The lowest BCUT2D eigenvalue weighted by atomic mass is 10.00. The molecule has 2 aromatic carbocycles. The fraction of sp³-hybridized carbons (Fsp3) is 0.304. The van der Waals surface area contributed by atoms with Crippen molar-refractivity contribution in [2.45, 2.75) is 44.1 Å². The third-order valence-corrected chi connectivity index (χ3v) is 6.60. The normalized spacial score (nSPS) is 19.8.